The Morgan fingerprint density at radius 3 is 2.64 bits per heavy atom. The van der Waals surface area contributed by atoms with Crippen molar-refractivity contribution in [3.05, 3.63) is 77.5 Å². The molecule has 1 heterocycles. The van der Waals surface area contributed by atoms with E-state index >= 15 is 0 Å². The lowest BCUT2D eigenvalue weighted by atomic mass is 9.69. The Morgan fingerprint density at radius 1 is 1.09 bits per heavy atom. The molecule has 22 heavy (non-hydrogen) atoms. The minimum absolute atomic E-state index is 0.322. The van der Waals surface area contributed by atoms with E-state index in [2.05, 4.69) is 59.5 Å². The molecule has 4 heteroatoms. The fourth-order valence-corrected chi connectivity index (χ4v) is 3.77. The molecule has 0 radical (unpaired) electrons. The molecule has 4 rings (SSSR count). The van der Waals surface area contributed by atoms with Crippen LogP contribution in [0.15, 0.2) is 77.5 Å². The minimum Gasteiger partial charge on any atom is -0.434 e. The lowest BCUT2D eigenvalue weighted by Crippen LogP contribution is -2.33. The molecule has 2 atom stereocenters. The van der Waals surface area contributed by atoms with Gasteiger partial charge in [-0.25, -0.2) is 0 Å². The highest BCUT2D eigenvalue weighted by molar-refractivity contribution is 6.55. The Hall–Kier alpha value is -2.04. The maximum Gasteiger partial charge on any atom is 0.406 e. The van der Waals surface area contributed by atoms with Gasteiger partial charge in [0.05, 0.1) is 6.04 Å². The highest BCUT2D eigenvalue weighted by Crippen LogP contribution is 2.45. The lowest BCUT2D eigenvalue weighted by molar-refractivity contribution is 0.577. The van der Waals surface area contributed by atoms with E-state index in [9.17, 15) is 5.02 Å². The number of hydrogen-bond donors (Lipinski definition) is 2. The second-order valence-corrected chi connectivity index (χ2v) is 6.07. The van der Waals surface area contributed by atoms with Crippen molar-refractivity contribution in [2.24, 2.45) is 11.6 Å². The molecule has 0 saturated carbocycles. The van der Waals surface area contributed by atoms with Crippen LogP contribution in [-0.4, -0.2) is 18.1 Å². The van der Waals surface area contributed by atoms with Gasteiger partial charge in [0.25, 0.3) is 0 Å². The first-order chi connectivity index (χ1) is 10.8. The van der Waals surface area contributed by atoms with E-state index in [1.54, 1.807) is 0 Å². The molecule has 3 aliphatic rings. The third kappa shape index (κ3) is 2.07. The van der Waals surface area contributed by atoms with Gasteiger partial charge in [-0.05, 0) is 36.6 Å². The molecule has 0 amide bonds. The molecule has 2 aliphatic carbocycles. The van der Waals surface area contributed by atoms with Gasteiger partial charge in [0.15, 0.2) is 0 Å². The topological polar surface area (TPSA) is 49.5 Å². The summed E-state index contributed by atoms with van der Waals surface area (Å²) in [7, 11) is -0.861. The van der Waals surface area contributed by atoms with Gasteiger partial charge in [-0.2, -0.15) is 0 Å². The van der Waals surface area contributed by atoms with Gasteiger partial charge < -0.3 is 15.6 Å². The summed E-state index contributed by atoms with van der Waals surface area (Å²) in [6, 6.07) is 10.8. The Kier molecular flexibility index (Phi) is 3.28. The summed E-state index contributed by atoms with van der Waals surface area (Å²) < 4.78 is 0. The van der Waals surface area contributed by atoms with Crippen LogP contribution in [0.5, 0.6) is 0 Å². The number of rotatable bonds is 2. The van der Waals surface area contributed by atoms with Crippen LogP contribution in [-0.2, 0) is 0 Å². The maximum absolute atomic E-state index is 9.75. The van der Waals surface area contributed by atoms with E-state index < -0.39 is 7.05 Å². The van der Waals surface area contributed by atoms with Crippen molar-refractivity contribution in [1.29, 1.82) is 0 Å². The van der Waals surface area contributed by atoms with Gasteiger partial charge in [0, 0.05) is 17.3 Å². The average molecular weight is 290 g/mol. The summed E-state index contributed by atoms with van der Waals surface area (Å²) in [6.07, 6.45) is 12.7. The van der Waals surface area contributed by atoms with Crippen molar-refractivity contribution < 1.29 is 5.02 Å². The zero-order valence-electron chi connectivity index (χ0n) is 12.4. The van der Waals surface area contributed by atoms with E-state index in [0.29, 0.717) is 12.0 Å². The third-order valence-electron chi connectivity index (χ3n) is 4.81. The molecule has 0 aromatic heterocycles. The largest absolute Gasteiger partial charge is 0.434 e. The smallest absolute Gasteiger partial charge is 0.406 e. The Balaban J connectivity index is 1.83. The fourth-order valence-electron chi connectivity index (χ4n) is 3.77. The minimum atomic E-state index is -0.861. The van der Waals surface area contributed by atoms with Crippen molar-refractivity contribution in [2.75, 3.05) is 4.90 Å². The summed E-state index contributed by atoms with van der Waals surface area (Å²) in [5, 5.41) is 9.75. The van der Waals surface area contributed by atoms with Crippen LogP contribution in [0.1, 0.15) is 12.8 Å². The molecule has 0 bridgehead atoms. The Labute approximate surface area is 131 Å². The number of anilines is 1. The Bertz CT molecular complexity index is 703. The van der Waals surface area contributed by atoms with Crippen LogP contribution in [0, 0.1) is 5.92 Å². The molecule has 1 aromatic carbocycles. The lowest BCUT2D eigenvalue weighted by Gasteiger charge is -2.30. The molecule has 1 aromatic rings. The molecule has 1 aliphatic heterocycles. The zero-order valence-corrected chi connectivity index (χ0v) is 12.4. The SMILES string of the molecule is NB(O)C1=CC2=C(CC1)C1C=CC=CC1N2c1ccccc1. The Morgan fingerprint density at radius 2 is 1.86 bits per heavy atom. The van der Waals surface area contributed by atoms with E-state index in [0.717, 1.165) is 18.3 Å². The molecule has 0 spiro atoms. The molecular formula is C18H19BN2O. The second-order valence-electron chi connectivity index (χ2n) is 6.07. The van der Waals surface area contributed by atoms with Crippen LogP contribution in [0.25, 0.3) is 0 Å². The van der Waals surface area contributed by atoms with Gasteiger partial charge in [0.1, 0.15) is 0 Å². The zero-order chi connectivity index (χ0) is 15.1. The average Bonchev–Trinajstić information content (AvgIpc) is 2.89. The van der Waals surface area contributed by atoms with Crippen molar-refractivity contribution >= 4 is 12.7 Å². The van der Waals surface area contributed by atoms with Gasteiger partial charge in [-0.15, -0.1) is 0 Å². The van der Waals surface area contributed by atoms with E-state index in [-0.39, 0.29) is 0 Å². The van der Waals surface area contributed by atoms with Gasteiger partial charge in [-0.3, -0.25) is 0 Å². The number of nitrogens with zero attached hydrogens (tertiary/aromatic N) is 1. The van der Waals surface area contributed by atoms with Gasteiger partial charge >= 0.3 is 7.05 Å². The summed E-state index contributed by atoms with van der Waals surface area (Å²) in [4.78, 5) is 2.38. The number of allylic oxidation sites excluding steroid dienone is 4. The number of fused-ring (bicyclic) bond motifs is 2. The normalized spacial score (nSPS) is 25.9. The van der Waals surface area contributed by atoms with Crippen molar-refractivity contribution in [2.45, 2.75) is 18.9 Å². The molecule has 3 nitrogen and oxygen atoms in total. The van der Waals surface area contributed by atoms with Crippen LogP contribution in [0.3, 0.4) is 0 Å². The van der Waals surface area contributed by atoms with Crippen molar-refractivity contribution in [3.8, 4) is 0 Å². The highest BCUT2D eigenvalue weighted by Gasteiger charge is 2.40. The van der Waals surface area contributed by atoms with Gasteiger partial charge in [-0.1, -0.05) is 48.0 Å². The molecule has 0 saturated heterocycles. The van der Waals surface area contributed by atoms with Crippen LogP contribution >= 0.6 is 0 Å². The first-order valence-corrected chi connectivity index (χ1v) is 7.82. The predicted molar refractivity (Wildman–Crippen MR) is 91.0 cm³/mol. The third-order valence-corrected chi connectivity index (χ3v) is 4.81. The maximum atomic E-state index is 9.75. The standard InChI is InChI=1S/C18H19BN2O/c20-19(22)13-10-11-16-15-8-4-5-9-17(15)21(18(16)12-13)14-6-2-1-3-7-14/h1-9,12,15,17,22H,10-11,20H2. The van der Waals surface area contributed by atoms with Crippen LogP contribution < -0.4 is 10.5 Å². The highest BCUT2D eigenvalue weighted by atomic mass is 16.2. The predicted octanol–water partition coefficient (Wildman–Crippen LogP) is 2.57. The summed E-state index contributed by atoms with van der Waals surface area (Å²) in [6.45, 7) is 0. The quantitative estimate of drug-likeness (QED) is 0.823. The first-order valence-electron chi connectivity index (χ1n) is 7.82. The number of hydrogen-bond acceptors (Lipinski definition) is 3. The van der Waals surface area contributed by atoms with E-state index in [4.69, 9.17) is 5.64 Å². The van der Waals surface area contributed by atoms with E-state index in [1.165, 1.54) is 17.0 Å². The first kappa shape index (κ1) is 13.6. The number of benzene rings is 1. The van der Waals surface area contributed by atoms with Crippen molar-refractivity contribution in [1.82, 2.24) is 0 Å². The summed E-state index contributed by atoms with van der Waals surface area (Å²) in [5.41, 5.74) is 10.5. The molecule has 110 valence electrons. The van der Waals surface area contributed by atoms with Crippen molar-refractivity contribution in [3.63, 3.8) is 0 Å². The molecule has 3 N–H and O–H groups in total. The fraction of sp³-hybridized carbons (Fsp3) is 0.222. The van der Waals surface area contributed by atoms with Crippen LogP contribution in [0.4, 0.5) is 5.69 Å². The number of para-hydroxylation sites is 1. The summed E-state index contributed by atoms with van der Waals surface area (Å²) in [5.74, 6) is 0.424. The summed E-state index contributed by atoms with van der Waals surface area (Å²) >= 11 is 0. The van der Waals surface area contributed by atoms with Gasteiger partial charge in [0.2, 0.25) is 0 Å². The number of nitrogens with two attached hydrogens (primary N) is 1. The monoisotopic (exact) mass is 290 g/mol. The molecule has 0 fully saturated rings. The molecular weight excluding hydrogens is 271 g/mol. The van der Waals surface area contributed by atoms with E-state index in [1.807, 2.05) is 6.07 Å². The van der Waals surface area contributed by atoms with Crippen LogP contribution in [0.2, 0.25) is 0 Å². The molecule has 2 unspecified atom stereocenters. The second kappa shape index (κ2) is 5.31.